The number of H-pyrrole nitrogens is 1. The number of nitrogens with one attached hydrogen (secondary N) is 2. The number of hydrogen-bond donors (Lipinski definition) is 3. The molecule has 1 heterocycles. The van der Waals surface area contributed by atoms with E-state index in [1.807, 2.05) is 0 Å². The molecule has 0 aromatic carbocycles. The van der Waals surface area contributed by atoms with Crippen LogP contribution in [0.2, 0.25) is 0 Å². The standard InChI is InChI=1S/C9H15N3O4S/c1-6-10-4-7(12-6)17(15,16)11-5-9(2,3)8(13)14/h4,11H,5H2,1-3H3,(H,10,12)(H,13,14). The first-order chi connectivity index (χ1) is 7.65. The molecule has 0 fully saturated rings. The Morgan fingerprint density at radius 1 is 1.59 bits per heavy atom. The zero-order valence-electron chi connectivity index (χ0n) is 9.81. The third-order valence-corrected chi connectivity index (χ3v) is 3.56. The van der Waals surface area contributed by atoms with E-state index in [2.05, 4.69) is 14.7 Å². The monoisotopic (exact) mass is 261 g/mol. The summed E-state index contributed by atoms with van der Waals surface area (Å²) in [5.74, 6) is -0.594. The molecular formula is C9H15N3O4S. The van der Waals surface area contributed by atoms with Gasteiger partial charge in [0.1, 0.15) is 5.82 Å². The quantitative estimate of drug-likeness (QED) is 0.696. The molecule has 0 unspecified atom stereocenters. The van der Waals surface area contributed by atoms with E-state index in [0.29, 0.717) is 5.82 Å². The van der Waals surface area contributed by atoms with Crippen LogP contribution in [0, 0.1) is 12.3 Å². The van der Waals surface area contributed by atoms with Crippen LogP contribution in [0.5, 0.6) is 0 Å². The second-order valence-corrected chi connectivity index (χ2v) is 6.08. The molecule has 96 valence electrons. The molecule has 3 N–H and O–H groups in total. The first-order valence-corrected chi connectivity index (χ1v) is 6.38. The van der Waals surface area contributed by atoms with Crippen molar-refractivity contribution in [2.24, 2.45) is 5.41 Å². The highest BCUT2D eigenvalue weighted by atomic mass is 32.2. The maximum Gasteiger partial charge on any atom is 0.310 e. The van der Waals surface area contributed by atoms with Crippen molar-refractivity contribution in [3.63, 3.8) is 0 Å². The Labute approximate surface area is 99.3 Å². The van der Waals surface area contributed by atoms with Crippen molar-refractivity contribution < 1.29 is 18.3 Å². The number of rotatable bonds is 5. The van der Waals surface area contributed by atoms with E-state index < -0.39 is 21.4 Å². The number of carbonyl (C=O) groups is 1. The van der Waals surface area contributed by atoms with Crippen molar-refractivity contribution in [3.8, 4) is 0 Å². The minimum absolute atomic E-state index is 0.0730. The third kappa shape index (κ3) is 3.27. The van der Waals surface area contributed by atoms with Crippen LogP contribution in [-0.2, 0) is 14.8 Å². The van der Waals surface area contributed by atoms with Crippen molar-refractivity contribution >= 4 is 16.0 Å². The molecule has 0 amide bonds. The highest BCUT2D eigenvalue weighted by Gasteiger charge is 2.29. The lowest BCUT2D eigenvalue weighted by Crippen LogP contribution is -2.38. The normalized spacial score (nSPS) is 12.6. The number of aliphatic carboxylic acids is 1. The molecule has 1 aromatic heterocycles. The summed E-state index contributed by atoms with van der Waals surface area (Å²) in [6.45, 7) is 4.31. The Morgan fingerprint density at radius 2 is 2.18 bits per heavy atom. The second kappa shape index (κ2) is 4.46. The van der Waals surface area contributed by atoms with E-state index in [1.165, 1.54) is 20.0 Å². The van der Waals surface area contributed by atoms with E-state index >= 15 is 0 Å². The number of carboxylic acid groups (broad SMARTS) is 1. The molecule has 17 heavy (non-hydrogen) atoms. The van der Waals surface area contributed by atoms with Gasteiger partial charge in [0.25, 0.3) is 10.0 Å². The van der Waals surface area contributed by atoms with Gasteiger partial charge >= 0.3 is 5.97 Å². The van der Waals surface area contributed by atoms with Crippen LogP contribution < -0.4 is 4.72 Å². The summed E-state index contributed by atoms with van der Waals surface area (Å²) in [7, 11) is -3.74. The van der Waals surface area contributed by atoms with Gasteiger partial charge in [0.05, 0.1) is 11.6 Å². The maximum absolute atomic E-state index is 11.7. The van der Waals surface area contributed by atoms with Gasteiger partial charge in [-0.05, 0) is 20.8 Å². The van der Waals surface area contributed by atoms with Crippen molar-refractivity contribution in [1.82, 2.24) is 14.7 Å². The molecule has 0 saturated heterocycles. The molecule has 8 heteroatoms. The maximum atomic E-state index is 11.7. The Hall–Kier alpha value is -1.41. The van der Waals surface area contributed by atoms with Gasteiger partial charge in [-0.3, -0.25) is 4.79 Å². The average Bonchev–Trinajstić information content (AvgIpc) is 2.63. The Morgan fingerprint density at radius 3 is 2.59 bits per heavy atom. The third-order valence-electron chi connectivity index (χ3n) is 2.25. The molecular weight excluding hydrogens is 246 g/mol. The van der Waals surface area contributed by atoms with Crippen molar-refractivity contribution in [2.45, 2.75) is 25.8 Å². The number of imidazole rings is 1. The van der Waals surface area contributed by atoms with Crippen LogP contribution in [0.15, 0.2) is 11.2 Å². The highest BCUT2D eigenvalue weighted by Crippen LogP contribution is 2.15. The fourth-order valence-electron chi connectivity index (χ4n) is 0.964. The zero-order valence-corrected chi connectivity index (χ0v) is 10.6. The smallest absolute Gasteiger partial charge is 0.310 e. The number of aryl methyl sites for hydroxylation is 1. The van der Waals surface area contributed by atoms with E-state index in [4.69, 9.17) is 5.11 Å². The number of carboxylic acids is 1. The van der Waals surface area contributed by atoms with Crippen molar-refractivity contribution in [1.29, 1.82) is 0 Å². The number of aromatic nitrogens is 2. The van der Waals surface area contributed by atoms with E-state index in [1.54, 1.807) is 6.92 Å². The van der Waals surface area contributed by atoms with Gasteiger partial charge in [0.15, 0.2) is 5.03 Å². The van der Waals surface area contributed by atoms with Crippen LogP contribution in [-0.4, -0.2) is 36.0 Å². The summed E-state index contributed by atoms with van der Waals surface area (Å²) in [5.41, 5.74) is -1.16. The molecule has 0 bridgehead atoms. The van der Waals surface area contributed by atoms with E-state index in [-0.39, 0.29) is 11.6 Å². The Bertz CT molecular complexity index is 518. The van der Waals surface area contributed by atoms with E-state index in [9.17, 15) is 13.2 Å². The first kappa shape index (κ1) is 13.7. The minimum Gasteiger partial charge on any atom is -0.481 e. The number of hydrogen-bond acceptors (Lipinski definition) is 4. The molecule has 0 aliphatic heterocycles. The summed E-state index contributed by atoms with van der Waals surface area (Å²) in [5, 5.41) is 8.78. The lowest BCUT2D eigenvalue weighted by molar-refractivity contribution is -0.146. The lowest BCUT2D eigenvalue weighted by Gasteiger charge is -2.18. The van der Waals surface area contributed by atoms with Gasteiger partial charge < -0.3 is 10.1 Å². The van der Waals surface area contributed by atoms with Crippen LogP contribution >= 0.6 is 0 Å². The van der Waals surface area contributed by atoms with Crippen LogP contribution in [0.3, 0.4) is 0 Å². The molecule has 0 aliphatic rings. The summed E-state index contributed by atoms with van der Waals surface area (Å²) in [6.07, 6.45) is 1.19. The second-order valence-electron chi connectivity index (χ2n) is 4.35. The predicted molar refractivity (Wildman–Crippen MR) is 59.9 cm³/mol. The predicted octanol–water partition coefficient (Wildman–Crippen LogP) is 0.107. The van der Waals surface area contributed by atoms with Gasteiger partial charge in [-0.15, -0.1) is 0 Å². The fraction of sp³-hybridized carbons (Fsp3) is 0.556. The average molecular weight is 261 g/mol. The number of aromatic amines is 1. The Kier molecular flexibility index (Phi) is 3.58. The van der Waals surface area contributed by atoms with Gasteiger partial charge in [0.2, 0.25) is 0 Å². The van der Waals surface area contributed by atoms with Gasteiger partial charge in [-0.25, -0.2) is 18.1 Å². The lowest BCUT2D eigenvalue weighted by atomic mass is 9.95. The number of nitrogens with zero attached hydrogens (tertiary/aromatic N) is 1. The molecule has 0 saturated carbocycles. The molecule has 1 aromatic rings. The molecule has 0 spiro atoms. The largest absolute Gasteiger partial charge is 0.481 e. The summed E-state index contributed by atoms with van der Waals surface area (Å²) in [4.78, 5) is 17.2. The molecule has 0 aliphatic carbocycles. The van der Waals surface area contributed by atoms with Crippen LogP contribution in [0.4, 0.5) is 0 Å². The summed E-state index contributed by atoms with van der Waals surface area (Å²) < 4.78 is 25.7. The molecule has 0 radical (unpaired) electrons. The van der Waals surface area contributed by atoms with Gasteiger partial charge in [-0.2, -0.15) is 0 Å². The van der Waals surface area contributed by atoms with Crippen molar-refractivity contribution in [3.05, 3.63) is 12.0 Å². The summed E-state index contributed by atoms with van der Waals surface area (Å²) >= 11 is 0. The van der Waals surface area contributed by atoms with E-state index in [0.717, 1.165) is 0 Å². The zero-order chi connectivity index (χ0) is 13.3. The molecule has 1 rings (SSSR count). The first-order valence-electron chi connectivity index (χ1n) is 4.90. The number of sulfonamides is 1. The minimum atomic E-state index is -3.74. The van der Waals surface area contributed by atoms with Gasteiger partial charge in [-0.1, -0.05) is 0 Å². The van der Waals surface area contributed by atoms with Crippen LogP contribution in [0.25, 0.3) is 0 Å². The molecule has 7 nitrogen and oxygen atoms in total. The Balaban J connectivity index is 2.79. The SMILES string of the molecule is Cc1ncc(S(=O)(=O)NCC(C)(C)C(=O)O)[nH]1. The highest BCUT2D eigenvalue weighted by molar-refractivity contribution is 7.89. The van der Waals surface area contributed by atoms with Gasteiger partial charge in [0, 0.05) is 6.54 Å². The van der Waals surface area contributed by atoms with Crippen molar-refractivity contribution in [2.75, 3.05) is 6.54 Å². The topological polar surface area (TPSA) is 112 Å². The molecule has 0 atom stereocenters. The van der Waals surface area contributed by atoms with Crippen LogP contribution in [0.1, 0.15) is 19.7 Å². The fourth-order valence-corrected chi connectivity index (χ4v) is 2.14. The summed E-state index contributed by atoms with van der Waals surface area (Å²) in [6, 6.07) is 0.